The molecule has 0 unspecified atom stereocenters. The maximum absolute atomic E-state index is 12.6. The predicted molar refractivity (Wildman–Crippen MR) is 108 cm³/mol. The van der Waals surface area contributed by atoms with Gasteiger partial charge in [-0.3, -0.25) is 9.59 Å². The third-order valence-corrected chi connectivity index (χ3v) is 5.28. The summed E-state index contributed by atoms with van der Waals surface area (Å²) in [4.78, 5) is 30.9. The Balaban J connectivity index is 1.31. The van der Waals surface area contributed by atoms with Crippen LogP contribution in [0.2, 0.25) is 0 Å². The number of hydrogen-bond acceptors (Lipinski definition) is 5. The minimum Gasteiger partial charge on any atom is -0.474 e. The summed E-state index contributed by atoms with van der Waals surface area (Å²) in [6.07, 6.45) is 3.74. The molecule has 0 bridgehead atoms. The van der Waals surface area contributed by atoms with Crippen molar-refractivity contribution in [2.75, 3.05) is 31.2 Å². The minimum atomic E-state index is -0.185. The van der Waals surface area contributed by atoms with E-state index in [-0.39, 0.29) is 23.8 Å². The Morgan fingerprint density at radius 3 is 2.79 bits per heavy atom. The number of amides is 2. The molecule has 7 nitrogen and oxygen atoms in total. The number of nitrogens with one attached hydrogen (secondary N) is 1. The van der Waals surface area contributed by atoms with Crippen LogP contribution in [0.1, 0.15) is 29.6 Å². The third kappa shape index (κ3) is 4.92. The fourth-order valence-electron chi connectivity index (χ4n) is 3.69. The molecule has 2 aliphatic heterocycles. The number of para-hydroxylation sites is 1. The topological polar surface area (TPSA) is 80.8 Å². The number of nitrogens with zero attached hydrogens (tertiary/aromatic N) is 2. The van der Waals surface area contributed by atoms with Crippen molar-refractivity contribution >= 4 is 17.5 Å². The molecular weight excluding hydrogens is 370 g/mol. The van der Waals surface area contributed by atoms with Crippen molar-refractivity contribution in [3.8, 4) is 5.88 Å². The lowest BCUT2D eigenvalue weighted by atomic mass is 10.1. The molecule has 4 rings (SSSR count). The van der Waals surface area contributed by atoms with E-state index in [2.05, 4.69) is 10.3 Å². The van der Waals surface area contributed by atoms with Gasteiger partial charge in [-0.15, -0.1) is 0 Å². The molecule has 2 amide bonds. The highest BCUT2D eigenvalue weighted by atomic mass is 16.5. The van der Waals surface area contributed by atoms with Gasteiger partial charge in [0.25, 0.3) is 5.91 Å². The van der Waals surface area contributed by atoms with Crippen LogP contribution in [0.25, 0.3) is 0 Å². The molecule has 1 aromatic carbocycles. The van der Waals surface area contributed by atoms with Crippen LogP contribution in [-0.2, 0) is 9.53 Å². The molecule has 2 aromatic rings. The zero-order chi connectivity index (χ0) is 20.1. The third-order valence-electron chi connectivity index (χ3n) is 5.28. The van der Waals surface area contributed by atoms with E-state index in [9.17, 15) is 9.59 Å². The van der Waals surface area contributed by atoms with Crippen LogP contribution in [0.3, 0.4) is 0 Å². The first-order valence-corrected chi connectivity index (χ1v) is 10.0. The van der Waals surface area contributed by atoms with Crippen molar-refractivity contribution < 1.29 is 19.1 Å². The van der Waals surface area contributed by atoms with Crippen molar-refractivity contribution in [2.24, 2.45) is 5.92 Å². The quantitative estimate of drug-likeness (QED) is 0.813. The maximum Gasteiger partial charge on any atom is 0.251 e. The van der Waals surface area contributed by atoms with E-state index >= 15 is 0 Å². The first-order chi connectivity index (χ1) is 14.2. The molecule has 7 heteroatoms. The molecule has 1 aromatic heterocycles. The average molecular weight is 395 g/mol. The molecule has 0 radical (unpaired) electrons. The summed E-state index contributed by atoms with van der Waals surface area (Å²) in [6, 6.07) is 13.0. The van der Waals surface area contributed by atoms with Gasteiger partial charge in [-0.05, 0) is 18.2 Å². The van der Waals surface area contributed by atoms with Crippen molar-refractivity contribution in [2.45, 2.75) is 25.4 Å². The lowest BCUT2D eigenvalue weighted by Gasteiger charge is -2.22. The van der Waals surface area contributed by atoms with Gasteiger partial charge in [-0.2, -0.15) is 0 Å². The van der Waals surface area contributed by atoms with Crippen LogP contribution in [-0.4, -0.2) is 49.2 Å². The molecule has 1 atom stereocenters. The number of benzene rings is 1. The van der Waals surface area contributed by atoms with E-state index in [0.29, 0.717) is 44.2 Å². The molecule has 1 N–H and O–H groups in total. The highest BCUT2D eigenvalue weighted by Gasteiger charge is 2.30. The monoisotopic (exact) mass is 395 g/mol. The Kier molecular flexibility index (Phi) is 6.05. The second-order valence-electron chi connectivity index (χ2n) is 7.43. The zero-order valence-electron chi connectivity index (χ0n) is 16.3. The summed E-state index contributed by atoms with van der Waals surface area (Å²) < 4.78 is 11.2. The molecular formula is C22H25N3O4. The number of aromatic nitrogens is 1. The SMILES string of the molecule is O=C(NC[C@H]1CC(=O)N(c2ccccc2)C1)c1ccnc(OC2CCOCC2)c1. The summed E-state index contributed by atoms with van der Waals surface area (Å²) in [5, 5.41) is 2.94. The Hall–Kier alpha value is -2.93. The maximum atomic E-state index is 12.6. The molecule has 0 aliphatic carbocycles. The van der Waals surface area contributed by atoms with E-state index < -0.39 is 0 Å². The van der Waals surface area contributed by atoms with E-state index in [4.69, 9.17) is 9.47 Å². The normalized spacial score (nSPS) is 19.9. The Labute approximate surface area is 170 Å². The number of carbonyl (C=O) groups is 2. The molecule has 2 saturated heterocycles. The van der Waals surface area contributed by atoms with Crippen LogP contribution in [0.5, 0.6) is 5.88 Å². The van der Waals surface area contributed by atoms with Crippen LogP contribution in [0.4, 0.5) is 5.69 Å². The fourth-order valence-corrected chi connectivity index (χ4v) is 3.69. The van der Waals surface area contributed by atoms with Crippen molar-refractivity contribution in [3.05, 3.63) is 54.2 Å². The molecule has 29 heavy (non-hydrogen) atoms. The van der Waals surface area contributed by atoms with Gasteiger partial charge in [0.1, 0.15) is 6.10 Å². The summed E-state index contributed by atoms with van der Waals surface area (Å²) in [6.45, 7) is 2.43. The number of anilines is 1. The Morgan fingerprint density at radius 1 is 1.21 bits per heavy atom. The van der Waals surface area contributed by atoms with Gasteiger partial charge >= 0.3 is 0 Å². The van der Waals surface area contributed by atoms with Crippen LogP contribution in [0, 0.1) is 5.92 Å². The standard InChI is InChI=1S/C22H25N3O4/c26-21-12-16(15-25(21)18-4-2-1-3-5-18)14-24-22(27)17-6-9-23-20(13-17)29-19-7-10-28-11-8-19/h1-6,9,13,16,19H,7-8,10-12,14-15H2,(H,24,27)/t16-/m1/s1. The first kappa shape index (κ1) is 19.4. The summed E-state index contributed by atoms with van der Waals surface area (Å²) in [7, 11) is 0. The first-order valence-electron chi connectivity index (χ1n) is 10.0. The molecule has 0 saturated carbocycles. The van der Waals surface area contributed by atoms with Gasteiger partial charge in [-0.1, -0.05) is 18.2 Å². The molecule has 2 aliphatic rings. The van der Waals surface area contributed by atoms with Gasteiger partial charge in [0.05, 0.1) is 13.2 Å². The minimum absolute atomic E-state index is 0.0723. The molecule has 0 spiro atoms. The van der Waals surface area contributed by atoms with Gasteiger partial charge in [0.15, 0.2) is 0 Å². The molecule has 152 valence electrons. The molecule has 2 fully saturated rings. The summed E-state index contributed by atoms with van der Waals surface area (Å²) >= 11 is 0. The average Bonchev–Trinajstić information content (AvgIpc) is 3.14. The Bertz CT molecular complexity index is 852. The highest BCUT2D eigenvalue weighted by molar-refractivity contribution is 5.96. The van der Waals surface area contributed by atoms with E-state index in [0.717, 1.165) is 18.5 Å². The Morgan fingerprint density at radius 2 is 2.00 bits per heavy atom. The summed E-state index contributed by atoms with van der Waals surface area (Å²) in [5.41, 5.74) is 1.40. The van der Waals surface area contributed by atoms with Crippen molar-refractivity contribution in [1.82, 2.24) is 10.3 Å². The van der Waals surface area contributed by atoms with Gasteiger partial charge < -0.3 is 19.7 Å². The number of ether oxygens (including phenoxy) is 2. The number of hydrogen-bond donors (Lipinski definition) is 1. The summed E-state index contributed by atoms with van der Waals surface area (Å²) in [5.74, 6) is 0.448. The van der Waals surface area contributed by atoms with Gasteiger partial charge in [-0.25, -0.2) is 4.98 Å². The molecule has 3 heterocycles. The number of carbonyl (C=O) groups excluding carboxylic acids is 2. The lowest BCUT2D eigenvalue weighted by Crippen LogP contribution is -2.31. The van der Waals surface area contributed by atoms with Crippen LogP contribution < -0.4 is 15.0 Å². The van der Waals surface area contributed by atoms with E-state index in [1.54, 1.807) is 23.2 Å². The largest absolute Gasteiger partial charge is 0.474 e. The second kappa shape index (κ2) is 9.05. The lowest BCUT2D eigenvalue weighted by molar-refractivity contribution is -0.117. The smallest absolute Gasteiger partial charge is 0.251 e. The zero-order valence-corrected chi connectivity index (χ0v) is 16.3. The number of pyridine rings is 1. The van der Waals surface area contributed by atoms with Gasteiger partial charge in [0.2, 0.25) is 11.8 Å². The van der Waals surface area contributed by atoms with Crippen LogP contribution in [0.15, 0.2) is 48.7 Å². The van der Waals surface area contributed by atoms with E-state index in [1.807, 2.05) is 30.3 Å². The highest BCUT2D eigenvalue weighted by Crippen LogP contribution is 2.24. The van der Waals surface area contributed by atoms with Crippen molar-refractivity contribution in [3.63, 3.8) is 0 Å². The predicted octanol–water partition coefficient (Wildman–Crippen LogP) is 2.42. The van der Waals surface area contributed by atoms with Crippen LogP contribution >= 0.6 is 0 Å². The van der Waals surface area contributed by atoms with Crippen molar-refractivity contribution in [1.29, 1.82) is 0 Å². The van der Waals surface area contributed by atoms with E-state index in [1.165, 1.54) is 0 Å². The fraction of sp³-hybridized carbons (Fsp3) is 0.409. The second-order valence-corrected chi connectivity index (χ2v) is 7.43. The number of rotatable bonds is 6. The van der Waals surface area contributed by atoms with Gasteiger partial charge in [0, 0.05) is 61.8 Å².